The van der Waals surface area contributed by atoms with E-state index in [0.29, 0.717) is 0 Å². The first-order valence-corrected chi connectivity index (χ1v) is 7.89. The van der Waals surface area contributed by atoms with Crippen LogP contribution in [0.15, 0.2) is 41.6 Å². The number of nitrogens with one attached hydrogen (secondary N) is 1. The molecule has 0 aliphatic rings. The van der Waals surface area contributed by atoms with Crippen LogP contribution in [-0.2, 0) is 16.6 Å². The molecule has 0 unspecified atom stereocenters. The van der Waals surface area contributed by atoms with Gasteiger partial charge < -0.3 is 0 Å². The summed E-state index contributed by atoms with van der Waals surface area (Å²) in [4.78, 5) is 3.98. The second-order valence-electron chi connectivity index (χ2n) is 4.38. The first-order chi connectivity index (χ1) is 9.94. The number of benzene rings is 1. The maximum absolute atomic E-state index is 12.2. The topological polar surface area (TPSA) is 82.8 Å². The van der Waals surface area contributed by atoms with E-state index in [4.69, 9.17) is 16.9 Å². The van der Waals surface area contributed by atoms with Crippen molar-refractivity contribution in [3.8, 4) is 6.07 Å². The highest BCUT2D eigenvalue weighted by atomic mass is 35.5. The van der Waals surface area contributed by atoms with Crippen molar-refractivity contribution in [1.82, 2.24) is 9.71 Å². The highest BCUT2D eigenvalue weighted by molar-refractivity contribution is 7.89. The third-order valence-corrected chi connectivity index (χ3v) is 4.67. The number of rotatable bonds is 4. The molecule has 108 valence electrons. The Balaban J connectivity index is 2.21. The molecule has 1 aromatic carbocycles. The molecule has 5 nitrogen and oxygen atoms in total. The second kappa shape index (κ2) is 6.22. The third-order valence-electron chi connectivity index (χ3n) is 2.96. The van der Waals surface area contributed by atoms with Crippen LogP contribution in [-0.4, -0.2) is 13.4 Å². The molecule has 2 rings (SSSR count). The van der Waals surface area contributed by atoms with Crippen molar-refractivity contribution < 1.29 is 8.42 Å². The molecule has 0 spiro atoms. The number of nitriles is 1. The zero-order chi connectivity index (χ0) is 15.5. The lowest BCUT2D eigenvalue weighted by Crippen LogP contribution is -2.23. The summed E-state index contributed by atoms with van der Waals surface area (Å²) in [7, 11) is -3.69. The fourth-order valence-corrected chi connectivity index (χ4v) is 3.03. The van der Waals surface area contributed by atoms with Gasteiger partial charge in [-0.2, -0.15) is 5.26 Å². The van der Waals surface area contributed by atoms with Gasteiger partial charge in [0.25, 0.3) is 0 Å². The number of sulfonamides is 1. The monoisotopic (exact) mass is 321 g/mol. The Bertz CT molecular complexity index is 813. The zero-order valence-corrected chi connectivity index (χ0v) is 12.7. The number of hydrogen-bond acceptors (Lipinski definition) is 4. The van der Waals surface area contributed by atoms with E-state index < -0.39 is 10.0 Å². The Morgan fingerprint density at radius 2 is 2.14 bits per heavy atom. The Kier molecular flexibility index (Phi) is 4.58. The lowest BCUT2D eigenvalue weighted by Gasteiger charge is -2.09. The summed E-state index contributed by atoms with van der Waals surface area (Å²) in [5, 5.41) is 8.90. The van der Waals surface area contributed by atoms with Crippen molar-refractivity contribution in [3.05, 3.63) is 58.4 Å². The summed E-state index contributed by atoms with van der Waals surface area (Å²) in [6.07, 6.45) is 3.28. The van der Waals surface area contributed by atoms with Crippen LogP contribution in [0.3, 0.4) is 0 Å². The minimum absolute atomic E-state index is 0.0261. The number of pyridine rings is 1. The van der Waals surface area contributed by atoms with Gasteiger partial charge in [-0.05, 0) is 42.3 Å². The Hall–Kier alpha value is -1.94. The van der Waals surface area contributed by atoms with Crippen molar-refractivity contribution >= 4 is 21.6 Å². The van der Waals surface area contributed by atoms with E-state index in [1.807, 2.05) is 13.0 Å². The number of hydrogen-bond donors (Lipinski definition) is 1. The Morgan fingerprint density at radius 3 is 2.76 bits per heavy atom. The molecule has 0 bridgehead atoms. The molecule has 2 aromatic rings. The van der Waals surface area contributed by atoms with Gasteiger partial charge in [0.2, 0.25) is 10.0 Å². The SMILES string of the molecule is Cc1cnccc1CNS(=O)(=O)c1ccc(C#N)c(Cl)c1. The van der Waals surface area contributed by atoms with Crippen molar-refractivity contribution in [2.24, 2.45) is 0 Å². The summed E-state index contributed by atoms with van der Waals surface area (Å²) in [6.45, 7) is 2.02. The van der Waals surface area contributed by atoms with Crippen LogP contribution >= 0.6 is 11.6 Å². The smallest absolute Gasteiger partial charge is 0.240 e. The number of aromatic nitrogens is 1. The average molecular weight is 322 g/mol. The third kappa shape index (κ3) is 3.58. The highest BCUT2D eigenvalue weighted by Crippen LogP contribution is 2.20. The first kappa shape index (κ1) is 15.4. The molecule has 0 amide bonds. The quantitative estimate of drug-likeness (QED) is 0.937. The van der Waals surface area contributed by atoms with E-state index in [1.54, 1.807) is 18.5 Å². The van der Waals surface area contributed by atoms with Crippen LogP contribution in [0, 0.1) is 18.3 Å². The van der Waals surface area contributed by atoms with Gasteiger partial charge in [-0.3, -0.25) is 4.98 Å². The van der Waals surface area contributed by atoms with Gasteiger partial charge in [-0.1, -0.05) is 11.6 Å². The molecule has 7 heteroatoms. The van der Waals surface area contributed by atoms with Crippen LogP contribution in [0.25, 0.3) is 0 Å². The van der Waals surface area contributed by atoms with E-state index in [9.17, 15) is 8.42 Å². The second-order valence-corrected chi connectivity index (χ2v) is 6.55. The van der Waals surface area contributed by atoms with Gasteiger partial charge in [0.05, 0.1) is 15.5 Å². The molecule has 0 saturated heterocycles. The van der Waals surface area contributed by atoms with Crippen LogP contribution in [0.5, 0.6) is 0 Å². The molecule has 1 heterocycles. The molecule has 0 saturated carbocycles. The average Bonchev–Trinajstić information content (AvgIpc) is 2.46. The Labute approximate surface area is 128 Å². The normalized spacial score (nSPS) is 11.1. The molecular formula is C14H12ClN3O2S. The fourth-order valence-electron chi connectivity index (χ4n) is 1.71. The molecule has 1 N–H and O–H groups in total. The molecule has 0 aliphatic carbocycles. The lowest BCUT2D eigenvalue weighted by atomic mass is 10.2. The predicted octanol–water partition coefficient (Wildman–Crippen LogP) is 2.39. The minimum Gasteiger partial charge on any atom is -0.264 e. The number of aryl methyl sites for hydroxylation is 1. The maximum Gasteiger partial charge on any atom is 0.240 e. The predicted molar refractivity (Wildman–Crippen MR) is 79.2 cm³/mol. The largest absolute Gasteiger partial charge is 0.264 e. The van der Waals surface area contributed by atoms with Crippen molar-refractivity contribution in [2.75, 3.05) is 0 Å². The van der Waals surface area contributed by atoms with Gasteiger partial charge in [-0.25, -0.2) is 13.1 Å². The van der Waals surface area contributed by atoms with Crippen LogP contribution in [0.4, 0.5) is 0 Å². The van der Waals surface area contributed by atoms with E-state index in [2.05, 4.69) is 9.71 Å². The van der Waals surface area contributed by atoms with Crippen molar-refractivity contribution in [1.29, 1.82) is 5.26 Å². The summed E-state index contributed by atoms with van der Waals surface area (Å²) < 4.78 is 26.9. The van der Waals surface area contributed by atoms with Crippen LogP contribution in [0.2, 0.25) is 5.02 Å². The van der Waals surface area contributed by atoms with Crippen LogP contribution in [0.1, 0.15) is 16.7 Å². The van der Waals surface area contributed by atoms with Gasteiger partial charge in [0.1, 0.15) is 6.07 Å². The Morgan fingerprint density at radius 1 is 1.38 bits per heavy atom. The van der Waals surface area contributed by atoms with E-state index >= 15 is 0 Å². The molecule has 0 aliphatic heterocycles. The van der Waals surface area contributed by atoms with Gasteiger partial charge in [0, 0.05) is 18.9 Å². The highest BCUT2D eigenvalue weighted by Gasteiger charge is 2.15. The molecule has 21 heavy (non-hydrogen) atoms. The first-order valence-electron chi connectivity index (χ1n) is 6.03. The molecule has 0 radical (unpaired) electrons. The summed E-state index contributed by atoms with van der Waals surface area (Å²) in [5.41, 5.74) is 1.98. The van der Waals surface area contributed by atoms with E-state index in [1.165, 1.54) is 18.2 Å². The number of nitrogens with zero attached hydrogens (tertiary/aromatic N) is 2. The summed E-state index contributed by atoms with van der Waals surface area (Å²) in [5.74, 6) is 0. The fraction of sp³-hybridized carbons (Fsp3) is 0.143. The molecular weight excluding hydrogens is 310 g/mol. The lowest BCUT2D eigenvalue weighted by molar-refractivity contribution is 0.581. The van der Waals surface area contributed by atoms with Gasteiger partial charge in [0.15, 0.2) is 0 Å². The maximum atomic E-state index is 12.2. The van der Waals surface area contributed by atoms with Crippen molar-refractivity contribution in [2.45, 2.75) is 18.4 Å². The molecule has 1 aromatic heterocycles. The van der Waals surface area contributed by atoms with Crippen LogP contribution < -0.4 is 4.72 Å². The minimum atomic E-state index is -3.69. The zero-order valence-electron chi connectivity index (χ0n) is 11.2. The summed E-state index contributed by atoms with van der Waals surface area (Å²) >= 11 is 5.85. The number of halogens is 1. The molecule has 0 fully saturated rings. The van der Waals surface area contributed by atoms with Gasteiger partial charge >= 0.3 is 0 Å². The van der Waals surface area contributed by atoms with E-state index in [0.717, 1.165) is 11.1 Å². The summed E-state index contributed by atoms with van der Waals surface area (Å²) in [6, 6.07) is 7.64. The standard InChI is InChI=1S/C14H12ClN3O2S/c1-10-8-17-5-4-12(10)9-18-21(19,20)13-3-2-11(7-16)14(15)6-13/h2-6,8,18H,9H2,1H3. The molecule has 0 atom stereocenters. The van der Waals surface area contributed by atoms with E-state index in [-0.39, 0.29) is 22.0 Å². The van der Waals surface area contributed by atoms with Crippen molar-refractivity contribution in [3.63, 3.8) is 0 Å². The van der Waals surface area contributed by atoms with Gasteiger partial charge in [-0.15, -0.1) is 0 Å².